The van der Waals surface area contributed by atoms with Crippen molar-refractivity contribution in [3.8, 4) is 17.2 Å². The zero-order valence-electron chi connectivity index (χ0n) is 18.9. The second-order valence-corrected chi connectivity index (χ2v) is 8.31. The van der Waals surface area contributed by atoms with Crippen molar-refractivity contribution in [2.45, 2.75) is 39.0 Å². The fourth-order valence-electron chi connectivity index (χ4n) is 4.86. The lowest BCUT2D eigenvalue weighted by Gasteiger charge is -2.33. The number of hydrogen-bond acceptors (Lipinski definition) is 5. The zero-order chi connectivity index (χ0) is 23.1. The number of allylic oxidation sites excluding steroid dienone is 2. The van der Waals surface area contributed by atoms with Gasteiger partial charge in [0.1, 0.15) is 11.6 Å². The van der Waals surface area contributed by atoms with Crippen molar-refractivity contribution in [1.29, 1.82) is 0 Å². The molecule has 0 amide bonds. The molecular weight excluding hydrogens is 421 g/mol. The number of carbonyl (C=O) groups excluding carboxylic acids is 1. The quantitative estimate of drug-likeness (QED) is 0.576. The number of rotatable bonds is 5. The van der Waals surface area contributed by atoms with E-state index in [0.717, 1.165) is 52.4 Å². The summed E-state index contributed by atoms with van der Waals surface area (Å²) >= 11 is 0. The molecule has 1 unspecified atom stereocenters. The van der Waals surface area contributed by atoms with Gasteiger partial charge in [-0.05, 0) is 68.7 Å². The largest absolute Gasteiger partial charge is 0.493 e. The predicted molar refractivity (Wildman–Crippen MR) is 124 cm³/mol. The highest BCUT2D eigenvalue weighted by Crippen LogP contribution is 2.48. The standard InChI is InChI=1S/C26H26FN3O3/c1-4-33-21-13-8-16(14-22(21)32-3)24-23-15(2)29-30(18-11-9-17(27)10-12-18)26(23)28-19-6-5-7-20(31)25(19)24/h8-14,24,28H,4-7H2,1-3H3. The highest BCUT2D eigenvalue weighted by molar-refractivity contribution is 6.01. The number of methoxy groups -OCH3 is 1. The number of fused-ring (bicyclic) bond motifs is 1. The van der Waals surface area contributed by atoms with Crippen molar-refractivity contribution < 1.29 is 18.7 Å². The molecule has 0 saturated carbocycles. The van der Waals surface area contributed by atoms with Crippen LogP contribution in [-0.4, -0.2) is 29.3 Å². The minimum Gasteiger partial charge on any atom is -0.493 e. The molecule has 2 aromatic carbocycles. The second-order valence-electron chi connectivity index (χ2n) is 8.31. The van der Waals surface area contributed by atoms with Gasteiger partial charge in [0.2, 0.25) is 0 Å². The van der Waals surface area contributed by atoms with E-state index < -0.39 is 0 Å². The lowest BCUT2D eigenvalue weighted by molar-refractivity contribution is -0.116. The molecule has 7 heteroatoms. The molecule has 1 aliphatic carbocycles. The van der Waals surface area contributed by atoms with E-state index >= 15 is 0 Å². The Morgan fingerprint density at radius 3 is 2.67 bits per heavy atom. The summed E-state index contributed by atoms with van der Waals surface area (Å²) in [6, 6.07) is 12.1. The Morgan fingerprint density at radius 2 is 1.94 bits per heavy atom. The van der Waals surface area contributed by atoms with Gasteiger partial charge in [-0.2, -0.15) is 5.10 Å². The van der Waals surface area contributed by atoms with Gasteiger partial charge < -0.3 is 14.8 Å². The number of aromatic nitrogens is 2. The maximum atomic E-state index is 13.5. The first-order chi connectivity index (χ1) is 16.0. The molecule has 6 nitrogen and oxygen atoms in total. The molecule has 0 bridgehead atoms. The third-order valence-corrected chi connectivity index (χ3v) is 6.30. The molecule has 0 radical (unpaired) electrons. The summed E-state index contributed by atoms with van der Waals surface area (Å²) in [5.74, 6) is 1.69. The normalized spacial score (nSPS) is 17.3. The van der Waals surface area contributed by atoms with Crippen LogP contribution < -0.4 is 14.8 Å². The van der Waals surface area contributed by atoms with Crippen molar-refractivity contribution in [2.24, 2.45) is 0 Å². The molecule has 0 fully saturated rings. The van der Waals surface area contributed by atoms with Gasteiger partial charge >= 0.3 is 0 Å². The van der Waals surface area contributed by atoms with Crippen LogP contribution in [0.15, 0.2) is 53.7 Å². The Hall–Kier alpha value is -3.61. The van der Waals surface area contributed by atoms with Crippen LogP contribution in [0.25, 0.3) is 5.69 Å². The number of aryl methyl sites for hydroxylation is 1. The van der Waals surface area contributed by atoms with Crippen molar-refractivity contribution in [3.05, 3.63) is 76.4 Å². The number of anilines is 1. The van der Waals surface area contributed by atoms with Crippen LogP contribution in [0.1, 0.15) is 48.9 Å². The molecular formula is C26H26FN3O3. The lowest BCUT2D eigenvalue weighted by atomic mass is 9.76. The van der Waals surface area contributed by atoms with Crippen molar-refractivity contribution >= 4 is 11.6 Å². The van der Waals surface area contributed by atoms with Crippen molar-refractivity contribution in [3.63, 3.8) is 0 Å². The minimum absolute atomic E-state index is 0.154. The molecule has 2 aliphatic rings. The molecule has 5 rings (SSSR count). The van der Waals surface area contributed by atoms with Crippen LogP contribution in [0.4, 0.5) is 10.2 Å². The van der Waals surface area contributed by atoms with Gasteiger partial charge in [0.05, 0.1) is 25.1 Å². The number of benzene rings is 2. The Kier molecular flexibility index (Phi) is 5.40. The number of Topliss-reactive ketones (excluding diaryl/α,β-unsaturated/α-hetero) is 1. The van der Waals surface area contributed by atoms with Crippen LogP contribution in [0.5, 0.6) is 11.5 Å². The van der Waals surface area contributed by atoms with Crippen molar-refractivity contribution in [1.82, 2.24) is 9.78 Å². The molecule has 170 valence electrons. The smallest absolute Gasteiger partial charge is 0.161 e. The maximum Gasteiger partial charge on any atom is 0.161 e. The van der Waals surface area contributed by atoms with E-state index in [2.05, 4.69) is 5.32 Å². The Bertz CT molecular complexity index is 1260. The zero-order valence-corrected chi connectivity index (χ0v) is 18.9. The van der Waals surface area contributed by atoms with Crippen molar-refractivity contribution in [2.75, 3.05) is 19.0 Å². The highest BCUT2D eigenvalue weighted by Gasteiger charge is 2.39. The predicted octanol–water partition coefficient (Wildman–Crippen LogP) is 5.29. The van der Waals surface area contributed by atoms with Crippen LogP contribution in [0, 0.1) is 12.7 Å². The van der Waals surface area contributed by atoms with E-state index in [4.69, 9.17) is 14.6 Å². The summed E-state index contributed by atoms with van der Waals surface area (Å²) < 4.78 is 26.6. The molecule has 1 atom stereocenters. The molecule has 2 heterocycles. The van der Waals surface area contributed by atoms with Gasteiger partial charge in [-0.1, -0.05) is 6.07 Å². The second kappa shape index (κ2) is 8.39. The van der Waals surface area contributed by atoms with E-state index in [1.54, 1.807) is 23.9 Å². The molecule has 0 spiro atoms. The molecule has 33 heavy (non-hydrogen) atoms. The Morgan fingerprint density at radius 1 is 1.15 bits per heavy atom. The van der Waals surface area contributed by atoms with E-state index in [-0.39, 0.29) is 17.5 Å². The van der Waals surface area contributed by atoms with E-state index in [1.807, 2.05) is 32.0 Å². The first kappa shape index (κ1) is 21.2. The topological polar surface area (TPSA) is 65.4 Å². The van der Waals surface area contributed by atoms with Gasteiger partial charge in [0.15, 0.2) is 17.3 Å². The third-order valence-electron chi connectivity index (χ3n) is 6.30. The van der Waals surface area contributed by atoms with E-state index in [0.29, 0.717) is 24.5 Å². The summed E-state index contributed by atoms with van der Waals surface area (Å²) in [4.78, 5) is 13.1. The summed E-state index contributed by atoms with van der Waals surface area (Å²) in [5.41, 5.74) is 5.18. The number of nitrogens with one attached hydrogen (secondary N) is 1. The number of halogens is 1. The fourth-order valence-corrected chi connectivity index (χ4v) is 4.86. The molecule has 1 aromatic heterocycles. The van der Waals surface area contributed by atoms with E-state index in [9.17, 15) is 9.18 Å². The maximum absolute atomic E-state index is 13.5. The number of ketones is 1. The molecule has 1 aliphatic heterocycles. The Balaban J connectivity index is 1.71. The number of ether oxygens (including phenoxy) is 2. The SMILES string of the molecule is CCOc1ccc(C2C3=C(CCCC3=O)Nc3c2c(C)nn3-c2ccc(F)cc2)cc1OC. The number of nitrogens with zero attached hydrogens (tertiary/aromatic N) is 2. The summed E-state index contributed by atoms with van der Waals surface area (Å²) in [6.45, 7) is 4.40. The van der Waals surface area contributed by atoms with Gasteiger partial charge in [0, 0.05) is 29.2 Å². The fraction of sp³-hybridized carbons (Fsp3) is 0.308. The highest BCUT2D eigenvalue weighted by atomic mass is 19.1. The van der Waals surface area contributed by atoms with Gasteiger partial charge in [0.25, 0.3) is 0 Å². The molecule has 1 N–H and O–H groups in total. The van der Waals surface area contributed by atoms with E-state index in [1.165, 1.54) is 12.1 Å². The van der Waals surface area contributed by atoms with Gasteiger partial charge in [-0.25, -0.2) is 9.07 Å². The first-order valence-electron chi connectivity index (χ1n) is 11.2. The van der Waals surface area contributed by atoms with Gasteiger partial charge in [-0.3, -0.25) is 4.79 Å². The van der Waals surface area contributed by atoms with Crippen LogP contribution in [-0.2, 0) is 4.79 Å². The molecule has 3 aromatic rings. The average Bonchev–Trinajstić information content (AvgIpc) is 3.15. The van der Waals surface area contributed by atoms with Crippen LogP contribution in [0.3, 0.4) is 0 Å². The van der Waals surface area contributed by atoms with Gasteiger partial charge in [-0.15, -0.1) is 0 Å². The number of carbonyl (C=O) groups is 1. The molecule has 0 saturated heterocycles. The van der Waals surface area contributed by atoms with Crippen LogP contribution >= 0.6 is 0 Å². The summed E-state index contributed by atoms with van der Waals surface area (Å²) in [6.07, 6.45) is 2.13. The number of hydrogen-bond donors (Lipinski definition) is 1. The van der Waals surface area contributed by atoms with Crippen LogP contribution in [0.2, 0.25) is 0 Å². The summed E-state index contributed by atoms with van der Waals surface area (Å²) in [5, 5.41) is 8.28. The Labute approximate surface area is 192 Å². The first-order valence-corrected chi connectivity index (χ1v) is 11.2. The third kappa shape index (κ3) is 3.57. The lowest BCUT2D eigenvalue weighted by Crippen LogP contribution is -2.27. The monoisotopic (exact) mass is 447 g/mol. The minimum atomic E-state index is -0.299. The average molecular weight is 448 g/mol. The summed E-state index contributed by atoms with van der Waals surface area (Å²) in [7, 11) is 1.61.